The first-order chi connectivity index (χ1) is 15.5. The number of hydrogen-bond acceptors (Lipinski definition) is 3. The van der Waals surface area contributed by atoms with Crippen molar-refractivity contribution in [3.05, 3.63) is 89.5 Å². The third-order valence-electron chi connectivity index (χ3n) is 5.94. The molecule has 1 heterocycles. The van der Waals surface area contributed by atoms with E-state index in [-0.39, 0.29) is 17.7 Å². The van der Waals surface area contributed by atoms with Gasteiger partial charge in [0.25, 0.3) is 5.91 Å². The van der Waals surface area contributed by atoms with Crippen LogP contribution in [0.25, 0.3) is 11.1 Å². The van der Waals surface area contributed by atoms with Crippen molar-refractivity contribution >= 4 is 11.8 Å². The number of nitrogens with one attached hydrogen (secondary N) is 1. The summed E-state index contributed by atoms with van der Waals surface area (Å²) in [5, 5.41) is 2.98. The van der Waals surface area contributed by atoms with E-state index in [9.17, 15) is 9.59 Å². The molecule has 5 nitrogen and oxygen atoms in total. The summed E-state index contributed by atoms with van der Waals surface area (Å²) >= 11 is 0. The van der Waals surface area contributed by atoms with Crippen LogP contribution in [0.15, 0.2) is 72.8 Å². The summed E-state index contributed by atoms with van der Waals surface area (Å²) in [4.78, 5) is 27.8. The predicted molar refractivity (Wildman–Crippen MR) is 126 cm³/mol. The van der Waals surface area contributed by atoms with E-state index in [0.717, 1.165) is 16.7 Å². The molecule has 0 saturated carbocycles. The van der Waals surface area contributed by atoms with Gasteiger partial charge in [0.05, 0.1) is 13.0 Å². The minimum Gasteiger partial charge on any atom is -0.497 e. The van der Waals surface area contributed by atoms with Crippen molar-refractivity contribution < 1.29 is 14.3 Å². The first-order valence-corrected chi connectivity index (χ1v) is 10.9. The number of aryl methyl sites for hydroxylation is 1. The first-order valence-electron chi connectivity index (χ1n) is 10.9. The maximum Gasteiger partial charge on any atom is 0.254 e. The Morgan fingerprint density at radius 1 is 1.06 bits per heavy atom. The summed E-state index contributed by atoms with van der Waals surface area (Å²) in [6, 6.07) is 23.7. The van der Waals surface area contributed by atoms with Gasteiger partial charge >= 0.3 is 0 Å². The van der Waals surface area contributed by atoms with Crippen LogP contribution in [-0.4, -0.2) is 43.5 Å². The molecule has 0 radical (unpaired) electrons. The highest BCUT2D eigenvalue weighted by Crippen LogP contribution is 2.27. The molecule has 32 heavy (non-hydrogen) atoms. The van der Waals surface area contributed by atoms with E-state index < -0.39 is 0 Å². The largest absolute Gasteiger partial charge is 0.497 e. The second-order valence-corrected chi connectivity index (χ2v) is 8.20. The molecule has 164 valence electrons. The maximum atomic E-state index is 13.2. The zero-order valence-corrected chi connectivity index (χ0v) is 18.5. The summed E-state index contributed by atoms with van der Waals surface area (Å²) in [7, 11) is 1.58. The number of rotatable bonds is 5. The molecule has 2 amide bonds. The lowest BCUT2D eigenvalue weighted by atomic mass is 9.91. The van der Waals surface area contributed by atoms with Gasteiger partial charge in [0.15, 0.2) is 0 Å². The monoisotopic (exact) mass is 428 g/mol. The summed E-state index contributed by atoms with van der Waals surface area (Å²) in [6.07, 6.45) is 0.567. The molecule has 0 aromatic heterocycles. The van der Waals surface area contributed by atoms with Crippen LogP contribution in [0.2, 0.25) is 0 Å². The van der Waals surface area contributed by atoms with Crippen molar-refractivity contribution in [1.29, 1.82) is 0 Å². The third kappa shape index (κ3) is 4.83. The Labute approximate surface area is 189 Å². The SMILES string of the molecule is COc1cccc(C(=O)N2CCNC(=O)C(Cc3ccccc3-c3ccc(C)cc3)C2)c1. The topological polar surface area (TPSA) is 58.6 Å². The Bertz CT molecular complexity index is 1110. The molecule has 0 bridgehead atoms. The predicted octanol–water partition coefficient (Wildman–Crippen LogP) is 4.10. The smallest absolute Gasteiger partial charge is 0.254 e. The van der Waals surface area contributed by atoms with Crippen LogP contribution in [0.4, 0.5) is 0 Å². The Hall–Kier alpha value is -3.60. The van der Waals surface area contributed by atoms with E-state index in [2.05, 4.69) is 48.6 Å². The molecule has 1 unspecified atom stereocenters. The van der Waals surface area contributed by atoms with Gasteiger partial charge in [-0.15, -0.1) is 0 Å². The van der Waals surface area contributed by atoms with Crippen molar-refractivity contribution in [3.63, 3.8) is 0 Å². The highest BCUT2D eigenvalue weighted by Gasteiger charge is 2.29. The lowest BCUT2D eigenvalue weighted by Crippen LogP contribution is -2.37. The minimum absolute atomic E-state index is 0.00958. The van der Waals surface area contributed by atoms with Crippen LogP contribution < -0.4 is 10.1 Å². The summed E-state index contributed by atoms with van der Waals surface area (Å²) in [6.45, 7) is 3.38. The molecule has 1 atom stereocenters. The molecule has 1 aliphatic rings. The minimum atomic E-state index is -0.321. The molecule has 5 heteroatoms. The lowest BCUT2D eigenvalue weighted by molar-refractivity contribution is -0.124. The van der Waals surface area contributed by atoms with Crippen molar-refractivity contribution in [2.75, 3.05) is 26.7 Å². The van der Waals surface area contributed by atoms with Crippen LogP contribution in [0.3, 0.4) is 0 Å². The third-order valence-corrected chi connectivity index (χ3v) is 5.94. The molecule has 1 aliphatic heterocycles. The number of carbonyl (C=O) groups excluding carboxylic acids is 2. The number of carbonyl (C=O) groups is 2. The van der Waals surface area contributed by atoms with Crippen LogP contribution in [-0.2, 0) is 11.2 Å². The highest BCUT2D eigenvalue weighted by molar-refractivity contribution is 5.95. The molecule has 0 spiro atoms. The molecule has 4 rings (SSSR count). The Kier molecular flexibility index (Phi) is 6.55. The van der Waals surface area contributed by atoms with E-state index in [4.69, 9.17) is 4.74 Å². The van der Waals surface area contributed by atoms with Gasteiger partial charge in [0.1, 0.15) is 5.75 Å². The average molecular weight is 429 g/mol. The van der Waals surface area contributed by atoms with Gasteiger partial charge in [-0.05, 0) is 48.2 Å². The van der Waals surface area contributed by atoms with Crippen LogP contribution in [0.5, 0.6) is 5.75 Å². The molecule has 1 saturated heterocycles. The average Bonchev–Trinajstić information content (AvgIpc) is 3.01. The number of amides is 2. The number of ether oxygens (including phenoxy) is 1. The van der Waals surface area contributed by atoms with Gasteiger partial charge in [-0.1, -0.05) is 60.2 Å². The van der Waals surface area contributed by atoms with Crippen molar-refractivity contribution in [2.24, 2.45) is 5.92 Å². The second kappa shape index (κ2) is 9.69. The summed E-state index contributed by atoms with van der Waals surface area (Å²) in [5.41, 5.74) is 5.13. The molecule has 3 aromatic carbocycles. The number of hydrogen-bond donors (Lipinski definition) is 1. The van der Waals surface area contributed by atoms with E-state index in [1.54, 1.807) is 24.1 Å². The van der Waals surface area contributed by atoms with Crippen molar-refractivity contribution in [2.45, 2.75) is 13.3 Å². The Morgan fingerprint density at radius 2 is 1.84 bits per heavy atom. The zero-order chi connectivity index (χ0) is 22.5. The maximum absolute atomic E-state index is 13.2. The zero-order valence-electron chi connectivity index (χ0n) is 18.5. The van der Waals surface area contributed by atoms with Gasteiger partial charge in [0, 0.05) is 25.2 Å². The second-order valence-electron chi connectivity index (χ2n) is 8.20. The van der Waals surface area contributed by atoms with Crippen LogP contribution in [0.1, 0.15) is 21.5 Å². The molecule has 3 aromatic rings. The number of benzene rings is 3. The molecule has 1 N–H and O–H groups in total. The van der Waals surface area contributed by atoms with Crippen molar-refractivity contribution in [1.82, 2.24) is 10.2 Å². The first kappa shape index (κ1) is 21.6. The number of methoxy groups -OCH3 is 1. The van der Waals surface area contributed by atoms with Gasteiger partial charge in [-0.3, -0.25) is 9.59 Å². The van der Waals surface area contributed by atoms with E-state index >= 15 is 0 Å². The molecular formula is C27H28N2O3. The Morgan fingerprint density at radius 3 is 2.62 bits per heavy atom. The molecule has 0 aliphatic carbocycles. The quantitative estimate of drug-likeness (QED) is 0.666. The fourth-order valence-electron chi connectivity index (χ4n) is 4.16. The number of nitrogens with zero attached hydrogens (tertiary/aromatic N) is 1. The van der Waals surface area contributed by atoms with Crippen LogP contribution >= 0.6 is 0 Å². The van der Waals surface area contributed by atoms with Gasteiger partial charge in [0.2, 0.25) is 5.91 Å². The standard InChI is InChI=1S/C27H28N2O3/c1-19-10-12-20(13-11-19)25-9-4-3-6-21(25)16-23-18-29(15-14-28-26(23)30)27(31)22-7-5-8-24(17-22)32-2/h3-13,17,23H,14-16,18H2,1-2H3,(H,28,30). The van der Waals surface area contributed by atoms with E-state index in [1.807, 2.05) is 24.3 Å². The van der Waals surface area contributed by atoms with E-state index in [1.165, 1.54) is 5.56 Å². The lowest BCUT2D eigenvalue weighted by Gasteiger charge is -2.24. The summed E-state index contributed by atoms with van der Waals surface area (Å²) < 4.78 is 5.26. The summed E-state index contributed by atoms with van der Waals surface area (Å²) in [5.74, 6) is 0.226. The van der Waals surface area contributed by atoms with Gasteiger partial charge < -0.3 is 15.0 Å². The Balaban J connectivity index is 1.57. The van der Waals surface area contributed by atoms with Gasteiger partial charge in [-0.2, -0.15) is 0 Å². The molecule has 1 fully saturated rings. The van der Waals surface area contributed by atoms with Crippen LogP contribution in [0, 0.1) is 12.8 Å². The fourth-order valence-corrected chi connectivity index (χ4v) is 4.16. The fraction of sp³-hybridized carbons (Fsp3) is 0.259. The van der Waals surface area contributed by atoms with E-state index in [0.29, 0.717) is 37.4 Å². The van der Waals surface area contributed by atoms with Crippen molar-refractivity contribution in [3.8, 4) is 16.9 Å². The highest BCUT2D eigenvalue weighted by atomic mass is 16.5. The molecular weight excluding hydrogens is 400 g/mol. The normalized spacial score (nSPS) is 16.2. The van der Waals surface area contributed by atoms with Gasteiger partial charge in [-0.25, -0.2) is 0 Å².